The van der Waals surface area contributed by atoms with E-state index in [0.717, 1.165) is 28.3 Å². The number of hydrogen-bond acceptors (Lipinski definition) is 5. The van der Waals surface area contributed by atoms with Crippen LogP contribution in [0, 0.1) is 0 Å². The van der Waals surface area contributed by atoms with Gasteiger partial charge in [0, 0.05) is 41.8 Å². The van der Waals surface area contributed by atoms with Crippen molar-refractivity contribution in [1.29, 1.82) is 0 Å². The number of aromatic amines is 1. The lowest BCUT2D eigenvalue weighted by molar-refractivity contribution is 0.463. The van der Waals surface area contributed by atoms with Crippen LogP contribution in [0.5, 0.6) is 11.6 Å². The van der Waals surface area contributed by atoms with Crippen LogP contribution < -0.4 is 10.5 Å². The van der Waals surface area contributed by atoms with Gasteiger partial charge >= 0.3 is 0 Å². The van der Waals surface area contributed by atoms with E-state index in [9.17, 15) is 0 Å². The second kappa shape index (κ2) is 7.43. The molecule has 1 aromatic carbocycles. The van der Waals surface area contributed by atoms with E-state index in [2.05, 4.69) is 20.3 Å². The third-order valence-electron chi connectivity index (χ3n) is 4.04. The molecule has 0 radical (unpaired) electrons. The number of pyridine rings is 1. The molecule has 27 heavy (non-hydrogen) atoms. The van der Waals surface area contributed by atoms with Gasteiger partial charge in [0.1, 0.15) is 5.75 Å². The average molecular weight is 360 g/mol. The highest BCUT2D eigenvalue weighted by Gasteiger charge is 2.06. The monoisotopic (exact) mass is 360 g/mol. The lowest BCUT2D eigenvalue weighted by atomic mass is 10.1. The second-order valence-electron chi connectivity index (χ2n) is 6.38. The number of nitrogens with two attached hydrogens (primary N) is 1. The second-order valence-corrected chi connectivity index (χ2v) is 6.38. The minimum absolute atomic E-state index is 0.0701. The van der Waals surface area contributed by atoms with Crippen LogP contribution in [0.2, 0.25) is 0 Å². The fraction of sp³-hybridized carbons (Fsp3) is 0.150. The summed E-state index contributed by atoms with van der Waals surface area (Å²) in [5.41, 5.74) is 9.62. The van der Waals surface area contributed by atoms with Crippen LogP contribution in [0.25, 0.3) is 22.5 Å². The lowest BCUT2D eigenvalue weighted by Gasteiger charge is -2.06. The van der Waals surface area contributed by atoms with Gasteiger partial charge < -0.3 is 10.5 Å². The van der Waals surface area contributed by atoms with E-state index in [1.54, 1.807) is 12.4 Å². The fourth-order valence-electron chi connectivity index (χ4n) is 2.74. The van der Waals surface area contributed by atoms with Crippen molar-refractivity contribution >= 4 is 0 Å². The van der Waals surface area contributed by atoms with Crippen LogP contribution in [-0.4, -0.2) is 31.0 Å². The van der Waals surface area contributed by atoms with Crippen molar-refractivity contribution in [2.45, 2.75) is 19.5 Å². The third kappa shape index (κ3) is 4.04. The molecule has 136 valence electrons. The molecule has 0 aliphatic carbocycles. The molecule has 0 aliphatic rings. The molecule has 3 aromatic heterocycles. The Hall–Kier alpha value is -3.45. The van der Waals surface area contributed by atoms with Crippen LogP contribution in [0.3, 0.4) is 0 Å². The molecule has 0 fully saturated rings. The first kappa shape index (κ1) is 17.0. The SMILES string of the molecule is C[C@H](N)Cn1ccc(-c2ccc(Oc3ccc(-c4ccn[nH]4)cn3)cc2)n1. The predicted octanol–water partition coefficient (Wildman–Crippen LogP) is 3.47. The minimum Gasteiger partial charge on any atom is -0.439 e. The number of H-pyrrole nitrogens is 1. The molecule has 0 spiro atoms. The first-order valence-electron chi connectivity index (χ1n) is 8.70. The van der Waals surface area contributed by atoms with Gasteiger partial charge in [-0.1, -0.05) is 0 Å². The summed E-state index contributed by atoms with van der Waals surface area (Å²) in [6.07, 6.45) is 5.40. The molecule has 7 nitrogen and oxygen atoms in total. The largest absolute Gasteiger partial charge is 0.439 e. The molecule has 1 atom stereocenters. The van der Waals surface area contributed by atoms with E-state index in [1.807, 2.05) is 66.3 Å². The highest BCUT2D eigenvalue weighted by molar-refractivity contribution is 5.60. The predicted molar refractivity (Wildman–Crippen MR) is 103 cm³/mol. The maximum absolute atomic E-state index is 5.82. The van der Waals surface area contributed by atoms with Gasteiger partial charge in [0.05, 0.1) is 17.9 Å². The first-order chi connectivity index (χ1) is 13.2. The molecule has 0 amide bonds. The van der Waals surface area contributed by atoms with Crippen LogP contribution in [0.15, 0.2) is 67.1 Å². The summed E-state index contributed by atoms with van der Waals surface area (Å²) in [5.74, 6) is 1.25. The number of benzene rings is 1. The van der Waals surface area contributed by atoms with E-state index >= 15 is 0 Å². The summed E-state index contributed by atoms with van der Waals surface area (Å²) in [6.45, 7) is 2.66. The van der Waals surface area contributed by atoms with Gasteiger partial charge in [-0.25, -0.2) is 4.98 Å². The zero-order chi connectivity index (χ0) is 18.6. The molecule has 0 unspecified atom stereocenters. The molecule has 0 saturated heterocycles. The molecule has 4 aromatic rings. The lowest BCUT2D eigenvalue weighted by Crippen LogP contribution is -2.22. The van der Waals surface area contributed by atoms with Gasteiger partial charge in [0.25, 0.3) is 0 Å². The van der Waals surface area contributed by atoms with E-state index in [0.29, 0.717) is 12.4 Å². The topological polar surface area (TPSA) is 94.6 Å². The Bertz CT molecular complexity index is 988. The Labute approximate surface area is 156 Å². The zero-order valence-electron chi connectivity index (χ0n) is 14.9. The van der Waals surface area contributed by atoms with E-state index < -0.39 is 0 Å². The van der Waals surface area contributed by atoms with Gasteiger partial charge in [0.2, 0.25) is 5.88 Å². The minimum atomic E-state index is 0.0701. The number of ether oxygens (including phenoxy) is 1. The van der Waals surface area contributed by atoms with E-state index in [4.69, 9.17) is 10.5 Å². The van der Waals surface area contributed by atoms with Gasteiger partial charge in [0.15, 0.2) is 0 Å². The van der Waals surface area contributed by atoms with Crippen molar-refractivity contribution in [1.82, 2.24) is 25.0 Å². The van der Waals surface area contributed by atoms with Crippen LogP contribution >= 0.6 is 0 Å². The molecular weight excluding hydrogens is 340 g/mol. The number of nitrogens with zero attached hydrogens (tertiary/aromatic N) is 4. The summed E-state index contributed by atoms with van der Waals surface area (Å²) in [6, 6.07) is 15.5. The Morgan fingerprint density at radius 1 is 1.07 bits per heavy atom. The number of rotatable bonds is 6. The van der Waals surface area contributed by atoms with Crippen LogP contribution in [-0.2, 0) is 6.54 Å². The van der Waals surface area contributed by atoms with Gasteiger partial charge in [-0.15, -0.1) is 0 Å². The summed E-state index contributed by atoms with van der Waals surface area (Å²) >= 11 is 0. The van der Waals surface area contributed by atoms with Crippen LogP contribution in [0.4, 0.5) is 0 Å². The van der Waals surface area contributed by atoms with Crippen molar-refractivity contribution in [2.24, 2.45) is 5.73 Å². The molecular formula is C20H20N6O. The zero-order valence-corrected chi connectivity index (χ0v) is 14.9. The van der Waals surface area contributed by atoms with Crippen molar-refractivity contribution in [3.63, 3.8) is 0 Å². The van der Waals surface area contributed by atoms with Crippen molar-refractivity contribution < 1.29 is 4.74 Å². The Morgan fingerprint density at radius 2 is 1.89 bits per heavy atom. The van der Waals surface area contributed by atoms with E-state index in [-0.39, 0.29) is 6.04 Å². The van der Waals surface area contributed by atoms with Crippen LogP contribution in [0.1, 0.15) is 6.92 Å². The fourth-order valence-corrected chi connectivity index (χ4v) is 2.74. The van der Waals surface area contributed by atoms with E-state index in [1.165, 1.54) is 0 Å². The smallest absolute Gasteiger partial charge is 0.219 e. The molecule has 4 rings (SSSR count). The summed E-state index contributed by atoms with van der Waals surface area (Å²) in [7, 11) is 0. The molecule has 0 saturated carbocycles. The number of aromatic nitrogens is 5. The Balaban J connectivity index is 1.44. The number of hydrogen-bond donors (Lipinski definition) is 2. The summed E-state index contributed by atoms with van der Waals surface area (Å²) in [5, 5.41) is 11.4. The highest BCUT2D eigenvalue weighted by Crippen LogP contribution is 2.25. The Morgan fingerprint density at radius 3 is 2.56 bits per heavy atom. The molecule has 3 heterocycles. The average Bonchev–Trinajstić information content (AvgIpc) is 3.35. The number of nitrogens with one attached hydrogen (secondary N) is 1. The third-order valence-corrected chi connectivity index (χ3v) is 4.04. The van der Waals surface area contributed by atoms with Gasteiger partial charge in [-0.3, -0.25) is 9.78 Å². The first-order valence-corrected chi connectivity index (χ1v) is 8.70. The molecule has 0 bridgehead atoms. The summed E-state index contributed by atoms with van der Waals surface area (Å²) < 4.78 is 7.68. The summed E-state index contributed by atoms with van der Waals surface area (Å²) in [4.78, 5) is 4.34. The molecule has 0 aliphatic heterocycles. The Kier molecular flexibility index (Phi) is 4.67. The maximum atomic E-state index is 5.82. The molecule has 7 heteroatoms. The van der Waals surface area contributed by atoms with Crippen molar-refractivity contribution in [3.05, 3.63) is 67.1 Å². The highest BCUT2D eigenvalue weighted by atomic mass is 16.5. The maximum Gasteiger partial charge on any atom is 0.219 e. The van der Waals surface area contributed by atoms with Gasteiger partial charge in [-0.05, 0) is 49.4 Å². The normalized spacial score (nSPS) is 12.1. The van der Waals surface area contributed by atoms with Gasteiger partial charge in [-0.2, -0.15) is 10.2 Å². The van der Waals surface area contributed by atoms with Crippen molar-refractivity contribution in [3.8, 4) is 34.1 Å². The molecule has 3 N–H and O–H groups in total. The quantitative estimate of drug-likeness (QED) is 0.549. The standard InChI is InChI=1S/C20H20N6O/c1-14(21)13-26-11-9-19(25-26)15-2-5-17(6-3-15)27-20-7-4-16(12-22-20)18-8-10-23-24-18/h2-12,14H,13,21H2,1H3,(H,23,24)/t14-/m0/s1. The van der Waals surface area contributed by atoms with Crippen molar-refractivity contribution in [2.75, 3.05) is 0 Å².